The van der Waals surface area contributed by atoms with Crippen LogP contribution in [0.5, 0.6) is 0 Å². The van der Waals surface area contributed by atoms with Gasteiger partial charge in [-0.05, 0) is 13.0 Å². The fraction of sp³-hybridized carbons (Fsp3) is 0.111. The molecular weight excluding hydrogens is 188 g/mol. The fourth-order valence-corrected chi connectivity index (χ4v) is 1.47. The first-order valence-electron chi connectivity index (χ1n) is 3.86. The lowest BCUT2D eigenvalue weighted by Crippen LogP contribution is -2.03. The summed E-state index contributed by atoms with van der Waals surface area (Å²) in [7, 11) is 0. The number of nitrogens with one attached hydrogen (secondary N) is 1. The number of hydrogen-bond acceptors (Lipinski definition) is 2. The molecule has 13 heavy (non-hydrogen) atoms. The molecule has 1 amide bonds. The Morgan fingerprint density at radius 1 is 1.62 bits per heavy atom. The van der Waals surface area contributed by atoms with Crippen molar-refractivity contribution in [3.05, 3.63) is 29.1 Å². The van der Waals surface area contributed by atoms with Crippen molar-refractivity contribution < 1.29 is 4.79 Å². The van der Waals surface area contributed by atoms with Gasteiger partial charge >= 0.3 is 0 Å². The summed E-state index contributed by atoms with van der Waals surface area (Å²) in [5.41, 5.74) is 1.97. The molecule has 0 aliphatic carbocycles. The highest BCUT2D eigenvalue weighted by Crippen LogP contribution is 2.31. The molecule has 0 radical (unpaired) electrons. The predicted octanol–water partition coefficient (Wildman–Crippen LogP) is 2.09. The highest BCUT2D eigenvalue weighted by atomic mass is 35.5. The standard InChI is InChI=1S/C9H7ClN2O/c1-2-6-8-7(12-9(6)13)3-5(10)4-11-8/h2-4H,1H3,(H,12,13)/b6-2+. The maximum absolute atomic E-state index is 11.3. The van der Waals surface area contributed by atoms with E-state index >= 15 is 0 Å². The number of rotatable bonds is 0. The lowest BCUT2D eigenvalue weighted by Gasteiger charge is -1.96. The van der Waals surface area contributed by atoms with Crippen molar-refractivity contribution >= 4 is 28.8 Å². The molecule has 3 nitrogen and oxygen atoms in total. The van der Waals surface area contributed by atoms with Gasteiger partial charge < -0.3 is 5.32 Å². The van der Waals surface area contributed by atoms with E-state index in [0.717, 1.165) is 0 Å². The summed E-state index contributed by atoms with van der Waals surface area (Å²) in [5, 5.41) is 3.21. The van der Waals surface area contributed by atoms with Gasteiger partial charge in [0, 0.05) is 6.20 Å². The number of fused-ring (bicyclic) bond motifs is 1. The van der Waals surface area contributed by atoms with Crippen LogP contribution < -0.4 is 5.32 Å². The number of carbonyl (C=O) groups is 1. The van der Waals surface area contributed by atoms with Crippen LogP contribution in [0.2, 0.25) is 5.02 Å². The molecule has 0 spiro atoms. The minimum atomic E-state index is -0.118. The number of carbonyl (C=O) groups excluding carboxylic acids is 1. The molecule has 1 aliphatic rings. The molecule has 1 aromatic rings. The van der Waals surface area contributed by atoms with Crippen molar-refractivity contribution in [3.8, 4) is 0 Å². The average molecular weight is 195 g/mol. The Morgan fingerprint density at radius 2 is 2.38 bits per heavy atom. The number of allylic oxidation sites excluding steroid dienone is 1. The van der Waals surface area contributed by atoms with Crippen LogP contribution >= 0.6 is 11.6 Å². The van der Waals surface area contributed by atoms with Crippen molar-refractivity contribution in [2.45, 2.75) is 6.92 Å². The third-order valence-corrected chi connectivity index (χ3v) is 2.10. The number of hydrogen-bond donors (Lipinski definition) is 1. The van der Waals surface area contributed by atoms with E-state index < -0.39 is 0 Å². The molecule has 1 aromatic heterocycles. The largest absolute Gasteiger partial charge is 0.320 e. The number of halogens is 1. The maximum Gasteiger partial charge on any atom is 0.257 e. The molecule has 4 heteroatoms. The smallest absolute Gasteiger partial charge is 0.257 e. The number of nitrogens with zero attached hydrogens (tertiary/aromatic N) is 1. The first kappa shape index (κ1) is 8.26. The molecule has 0 atom stereocenters. The van der Waals surface area contributed by atoms with Crippen LogP contribution in [-0.2, 0) is 4.79 Å². The van der Waals surface area contributed by atoms with Gasteiger partial charge in [-0.3, -0.25) is 9.78 Å². The first-order chi connectivity index (χ1) is 6.22. The zero-order valence-corrected chi connectivity index (χ0v) is 7.72. The minimum Gasteiger partial charge on any atom is -0.320 e. The molecule has 0 fully saturated rings. The second-order valence-electron chi connectivity index (χ2n) is 2.71. The van der Waals surface area contributed by atoms with Crippen LogP contribution in [0.3, 0.4) is 0 Å². The Bertz CT molecular complexity index is 412. The maximum atomic E-state index is 11.3. The summed E-state index contributed by atoms with van der Waals surface area (Å²) in [6.45, 7) is 1.81. The highest BCUT2D eigenvalue weighted by molar-refractivity contribution is 6.33. The molecule has 2 rings (SSSR count). The Hall–Kier alpha value is -1.35. The lowest BCUT2D eigenvalue weighted by atomic mass is 10.2. The molecule has 0 saturated carbocycles. The van der Waals surface area contributed by atoms with Gasteiger partial charge in [-0.1, -0.05) is 17.7 Å². The van der Waals surface area contributed by atoms with Crippen LogP contribution in [0.15, 0.2) is 18.3 Å². The summed E-state index contributed by atoms with van der Waals surface area (Å²) in [4.78, 5) is 15.4. The zero-order chi connectivity index (χ0) is 9.42. The van der Waals surface area contributed by atoms with Crippen LogP contribution in [0.1, 0.15) is 12.6 Å². The van der Waals surface area contributed by atoms with Crippen molar-refractivity contribution in [2.24, 2.45) is 0 Å². The van der Waals surface area contributed by atoms with Crippen LogP contribution in [0.25, 0.3) is 5.57 Å². The van der Waals surface area contributed by atoms with E-state index in [9.17, 15) is 4.79 Å². The molecule has 66 valence electrons. The van der Waals surface area contributed by atoms with Gasteiger partial charge in [0.1, 0.15) is 0 Å². The molecule has 0 aromatic carbocycles. The first-order valence-corrected chi connectivity index (χ1v) is 4.23. The van der Waals surface area contributed by atoms with Gasteiger partial charge in [0.15, 0.2) is 0 Å². The number of aromatic nitrogens is 1. The van der Waals surface area contributed by atoms with E-state index in [1.54, 1.807) is 19.1 Å². The summed E-state index contributed by atoms with van der Waals surface area (Å²) in [5.74, 6) is -0.118. The average Bonchev–Trinajstić information content (AvgIpc) is 2.39. The third kappa shape index (κ3) is 1.21. The fourth-order valence-electron chi connectivity index (χ4n) is 1.31. The highest BCUT2D eigenvalue weighted by Gasteiger charge is 2.24. The molecule has 1 N–H and O–H groups in total. The molecule has 0 saturated heterocycles. The molecule has 1 aliphatic heterocycles. The number of amides is 1. The Labute approximate surface area is 80.4 Å². The van der Waals surface area contributed by atoms with Gasteiger partial charge in [0.2, 0.25) is 0 Å². The monoisotopic (exact) mass is 194 g/mol. The van der Waals surface area contributed by atoms with Gasteiger partial charge in [-0.2, -0.15) is 0 Å². The number of pyridine rings is 1. The van der Waals surface area contributed by atoms with Crippen LogP contribution in [-0.4, -0.2) is 10.9 Å². The third-order valence-electron chi connectivity index (χ3n) is 1.89. The van der Waals surface area contributed by atoms with E-state index in [-0.39, 0.29) is 5.91 Å². The summed E-state index contributed by atoms with van der Waals surface area (Å²) in [6.07, 6.45) is 3.27. The van der Waals surface area contributed by atoms with E-state index in [0.29, 0.717) is 22.0 Å². The second kappa shape index (κ2) is 2.85. The molecule has 2 heterocycles. The molecular formula is C9H7ClN2O. The van der Waals surface area contributed by atoms with Gasteiger partial charge in [0.05, 0.1) is 22.0 Å². The van der Waals surface area contributed by atoms with E-state index in [2.05, 4.69) is 10.3 Å². The van der Waals surface area contributed by atoms with Gasteiger partial charge in [0.25, 0.3) is 5.91 Å². The zero-order valence-electron chi connectivity index (χ0n) is 6.97. The van der Waals surface area contributed by atoms with Gasteiger partial charge in [-0.15, -0.1) is 0 Å². The van der Waals surface area contributed by atoms with E-state index in [4.69, 9.17) is 11.6 Å². The second-order valence-corrected chi connectivity index (χ2v) is 3.14. The summed E-state index contributed by atoms with van der Waals surface area (Å²) >= 11 is 5.73. The minimum absolute atomic E-state index is 0.118. The summed E-state index contributed by atoms with van der Waals surface area (Å²) < 4.78 is 0. The normalized spacial score (nSPS) is 17.4. The van der Waals surface area contributed by atoms with Crippen molar-refractivity contribution in [3.63, 3.8) is 0 Å². The van der Waals surface area contributed by atoms with Crippen LogP contribution in [0, 0.1) is 0 Å². The van der Waals surface area contributed by atoms with Crippen LogP contribution in [0.4, 0.5) is 5.69 Å². The quantitative estimate of drug-likeness (QED) is 0.643. The topological polar surface area (TPSA) is 42.0 Å². The Balaban J connectivity index is 2.61. The van der Waals surface area contributed by atoms with Crippen molar-refractivity contribution in [1.82, 2.24) is 4.98 Å². The molecule has 0 bridgehead atoms. The SMILES string of the molecule is C/C=C1/C(=O)Nc2cc(Cl)cnc21. The van der Waals surface area contributed by atoms with Crippen molar-refractivity contribution in [2.75, 3.05) is 5.32 Å². The predicted molar refractivity (Wildman–Crippen MR) is 51.5 cm³/mol. The Kier molecular flexibility index (Phi) is 1.81. The number of anilines is 1. The van der Waals surface area contributed by atoms with Gasteiger partial charge in [-0.25, -0.2) is 0 Å². The lowest BCUT2D eigenvalue weighted by molar-refractivity contribution is -0.110. The van der Waals surface area contributed by atoms with E-state index in [1.807, 2.05) is 0 Å². The summed E-state index contributed by atoms with van der Waals surface area (Å²) in [6, 6.07) is 1.69. The Morgan fingerprint density at radius 3 is 3.08 bits per heavy atom. The van der Waals surface area contributed by atoms with Crippen molar-refractivity contribution in [1.29, 1.82) is 0 Å². The van der Waals surface area contributed by atoms with E-state index in [1.165, 1.54) is 6.20 Å². The molecule has 0 unspecified atom stereocenters.